The molecule has 0 aromatic carbocycles. The zero-order chi connectivity index (χ0) is 19.3. The van der Waals surface area contributed by atoms with Crippen molar-refractivity contribution < 1.29 is 19.7 Å². The molecule has 0 aliphatic carbocycles. The third-order valence-corrected chi connectivity index (χ3v) is 5.56. The van der Waals surface area contributed by atoms with Crippen LogP contribution in [0.4, 0.5) is 17.6 Å². The number of morpholine rings is 1. The summed E-state index contributed by atoms with van der Waals surface area (Å²) in [6.07, 6.45) is 1.50. The molecular weight excluding hydrogens is 350 g/mol. The van der Waals surface area contributed by atoms with E-state index in [4.69, 9.17) is 20.2 Å². The van der Waals surface area contributed by atoms with Crippen molar-refractivity contribution in [2.75, 3.05) is 75.2 Å². The van der Waals surface area contributed by atoms with Crippen LogP contribution >= 0.6 is 0 Å². The standard InChI is InChI=1S/C18H31N5O4/c1-26-8-2-4-18(13-24)12-23(5-3-14(18)25)16-11-15(19)20-17(21-16)22-6-9-27-10-7-22/h11,14,24-25H,2-10,12-13H2,1H3,(H2,19,20,21)/t14-,18+/m1/s1. The second-order valence-corrected chi connectivity index (χ2v) is 7.39. The summed E-state index contributed by atoms with van der Waals surface area (Å²) in [6, 6.07) is 1.76. The molecule has 2 fully saturated rings. The van der Waals surface area contributed by atoms with Crippen LogP contribution in [0.5, 0.6) is 0 Å². The molecule has 9 heteroatoms. The predicted molar refractivity (Wildman–Crippen MR) is 103 cm³/mol. The highest BCUT2D eigenvalue weighted by molar-refractivity contribution is 5.53. The summed E-state index contributed by atoms with van der Waals surface area (Å²) in [6.45, 7) is 4.48. The minimum Gasteiger partial charge on any atom is -0.396 e. The van der Waals surface area contributed by atoms with Crippen molar-refractivity contribution in [3.05, 3.63) is 6.07 Å². The van der Waals surface area contributed by atoms with Crippen LogP contribution in [-0.4, -0.2) is 86.0 Å². The van der Waals surface area contributed by atoms with E-state index in [0.29, 0.717) is 57.5 Å². The zero-order valence-corrected chi connectivity index (χ0v) is 16.0. The van der Waals surface area contributed by atoms with Crippen LogP contribution in [0, 0.1) is 5.41 Å². The molecule has 0 saturated carbocycles. The summed E-state index contributed by atoms with van der Waals surface area (Å²) < 4.78 is 10.5. The fourth-order valence-electron chi connectivity index (χ4n) is 3.90. The summed E-state index contributed by atoms with van der Waals surface area (Å²) in [5.41, 5.74) is 5.46. The third kappa shape index (κ3) is 4.60. The molecule has 2 aliphatic rings. The molecule has 0 radical (unpaired) electrons. The molecule has 0 amide bonds. The van der Waals surface area contributed by atoms with Crippen LogP contribution in [0.2, 0.25) is 0 Å². The monoisotopic (exact) mass is 381 g/mol. The van der Waals surface area contributed by atoms with E-state index in [2.05, 4.69) is 14.8 Å². The highest BCUT2D eigenvalue weighted by Gasteiger charge is 2.42. The Kier molecular flexibility index (Phi) is 6.69. The second kappa shape index (κ2) is 9.01. The van der Waals surface area contributed by atoms with Gasteiger partial charge in [0, 0.05) is 51.4 Å². The Morgan fingerprint density at radius 2 is 2.07 bits per heavy atom. The minimum absolute atomic E-state index is 0.0781. The van der Waals surface area contributed by atoms with E-state index < -0.39 is 11.5 Å². The number of rotatable bonds is 7. The second-order valence-electron chi connectivity index (χ2n) is 7.39. The van der Waals surface area contributed by atoms with Gasteiger partial charge in [-0.05, 0) is 19.3 Å². The number of anilines is 3. The summed E-state index contributed by atoms with van der Waals surface area (Å²) in [7, 11) is 1.66. The topological polar surface area (TPSA) is 117 Å². The lowest BCUT2D eigenvalue weighted by Gasteiger charge is -2.46. The van der Waals surface area contributed by atoms with Crippen molar-refractivity contribution in [3.8, 4) is 0 Å². The minimum atomic E-state index is -0.588. The maximum Gasteiger partial charge on any atom is 0.229 e. The molecule has 152 valence electrons. The molecule has 3 heterocycles. The van der Waals surface area contributed by atoms with Gasteiger partial charge in [-0.15, -0.1) is 0 Å². The van der Waals surface area contributed by atoms with Gasteiger partial charge in [0.1, 0.15) is 11.6 Å². The third-order valence-electron chi connectivity index (χ3n) is 5.56. The van der Waals surface area contributed by atoms with Crippen LogP contribution < -0.4 is 15.5 Å². The van der Waals surface area contributed by atoms with E-state index in [-0.39, 0.29) is 6.61 Å². The Bertz CT molecular complexity index is 613. The highest BCUT2D eigenvalue weighted by atomic mass is 16.5. The van der Waals surface area contributed by atoms with Crippen LogP contribution in [0.3, 0.4) is 0 Å². The average Bonchev–Trinajstić information content (AvgIpc) is 2.70. The largest absolute Gasteiger partial charge is 0.396 e. The summed E-state index contributed by atoms with van der Waals surface area (Å²) in [5.74, 6) is 1.76. The van der Waals surface area contributed by atoms with Crippen molar-refractivity contribution in [3.63, 3.8) is 0 Å². The van der Waals surface area contributed by atoms with Gasteiger partial charge in [-0.25, -0.2) is 0 Å². The van der Waals surface area contributed by atoms with E-state index in [1.165, 1.54) is 0 Å². The van der Waals surface area contributed by atoms with E-state index in [1.54, 1.807) is 13.2 Å². The first-order valence-electron chi connectivity index (χ1n) is 9.58. The molecule has 0 spiro atoms. The van der Waals surface area contributed by atoms with Gasteiger partial charge in [0.05, 0.1) is 25.9 Å². The Morgan fingerprint density at radius 1 is 1.30 bits per heavy atom. The molecule has 27 heavy (non-hydrogen) atoms. The maximum absolute atomic E-state index is 10.6. The van der Waals surface area contributed by atoms with Crippen molar-refractivity contribution >= 4 is 17.6 Å². The number of nitrogen functional groups attached to an aromatic ring is 1. The van der Waals surface area contributed by atoms with Crippen LogP contribution in [-0.2, 0) is 9.47 Å². The van der Waals surface area contributed by atoms with E-state index in [9.17, 15) is 10.2 Å². The molecule has 2 atom stereocenters. The highest BCUT2D eigenvalue weighted by Crippen LogP contribution is 2.36. The number of aliphatic hydroxyl groups excluding tert-OH is 2. The summed E-state index contributed by atoms with van der Waals surface area (Å²) in [5, 5.41) is 20.7. The number of hydrogen-bond acceptors (Lipinski definition) is 9. The Labute approximate surface area is 160 Å². The molecule has 0 unspecified atom stereocenters. The normalized spacial score (nSPS) is 26.4. The van der Waals surface area contributed by atoms with Crippen molar-refractivity contribution in [2.24, 2.45) is 5.41 Å². The fourth-order valence-corrected chi connectivity index (χ4v) is 3.90. The van der Waals surface area contributed by atoms with Gasteiger partial charge in [-0.1, -0.05) is 0 Å². The summed E-state index contributed by atoms with van der Waals surface area (Å²) >= 11 is 0. The molecular formula is C18H31N5O4. The van der Waals surface area contributed by atoms with Crippen molar-refractivity contribution in [2.45, 2.75) is 25.4 Å². The first kappa shape index (κ1) is 20.1. The SMILES string of the molecule is COCCC[C@@]1(CO)CN(c2cc(N)nc(N3CCOCC3)n2)CC[C@H]1O. The number of ether oxygens (including phenoxy) is 2. The fraction of sp³-hybridized carbons (Fsp3) is 0.778. The van der Waals surface area contributed by atoms with E-state index >= 15 is 0 Å². The molecule has 9 nitrogen and oxygen atoms in total. The Balaban J connectivity index is 1.79. The van der Waals surface area contributed by atoms with Gasteiger partial charge < -0.3 is 35.2 Å². The lowest BCUT2D eigenvalue weighted by Crippen LogP contribution is -2.54. The molecule has 4 N–H and O–H groups in total. The van der Waals surface area contributed by atoms with E-state index in [1.807, 2.05) is 0 Å². The molecule has 3 rings (SSSR count). The Morgan fingerprint density at radius 3 is 2.78 bits per heavy atom. The maximum atomic E-state index is 10.6. The number of piperidine rings is 1. The van der Waals surface area contributed by atoms with Crippen molar-refractivity contribution in [1.82, 2.24) is 9.97 Å². The van der Waals surface area contributed by atoms with Crippen LogP contribution in [0.25, 0.3) is 0 Å². The molecule has 2 saturated heterocycles. The average molecular weight is 381 g/mol. The van der Waals surface area contributed by atoms with Gasteiger partial charge >= 0.3 is 0 Å². The summed E-state index contributed by atoms with van der Waals surface area (Å²) in [4.78, 5) is 13.3. The van der Waals surface area contributed by atoms with Crippen LogP contribution in [0.15, 0.2) is 6.07 Å². The number of nitrogens with two attached hydrogens (primary N) is 1. The van der Waals surface area contributed by atoms with Crippen LogP contribution in [0.1, 0.15) is 19.3 Å². The molecule has 1 aromatic heterocycles. The smallest absolute Gasteiger partial charge is 0.229 e. The number of nitrogens with zero attached hydrogens (tertiary/aromatic N) is 4. The predicted octanol–water partition coefficient (Wildman–Crippen LogP) is -0.128. The van der Waals surface area contributed by atoms with Gasteiger partial charge in [-0.2, -0.15) is 9.97 Å². The van der Waals surface area contributed by atoms with Gasteiger partial charge in [0.25, 0.3) is 0 Å². The van der Waals surface area contributed by atoms with Gasteiger partial charge in [0.2, 0.25) is 5.95 Å². The lowest BCUT2D eigenvalue weighted by atomic mass is 9.74. The first-order valence-corrected chi connectivity index (χ1v) is 9.58. The van der Waals surface area contributed by atoms with Gasteiger partial charge in [-0.3, -0.25) is 0 Å². The number of methoxy groups -OCH3 is 1. The van der Waals surface area contributed by atoms with E-state index in [0.717, 1.165) is 25.3 Å². The number of aliphatic hydroxyl groups is 2. The molecule has 1 aromatic rings. The zero-order valence-electron chi connectivity index (χ0n) is 16.0. The number of aromatic nitrogens is 2. The molecule has 0 bridgehead atoms. The van der Waals surface area contributed by atoms with Crippen molar-refractivity contribution in [1.29, 1.82) is 0 Å². The Hall–Kier alpha value is -1.68. The van der Waals surface area contributed by atoms with Gasteiger partial charge in [0.15, 0.2) is 0 Å². The molecule has 2 aliphatic heterocycles. The quantitative estimate of drug-likeness (QED) is 0.555. The lowest BCUT2D eigenvalue weighted by molar-refractivity contribution is -0.0388. The first-order chi connectivity index (χ1) is 13.1. The number of hydrogen-bond donors (Lipinski definition) is 3.